The number of hydrogen-bond donors (Lipinski definition) is 3. The van der Waals surface area contributed by atoms with E-state index in [2.05, 4.69) is 15.4 Å². The van der Waals surface area contributed by atoms with Crippen LogP contribution in [0.1, 0.15) is 18.5 Å². The van der Waals surface area contributed by atoms with E-state index in [1.54, 1.807) is 6.92 Å². The van der Waals surface area contributed by atoms with Crippen molar-refractivity contribution < 1.29 is 23.0 Å². The molecule has 0 saturated carbocycles. The molecule has 0 radical (unpaired) electrons. The topological polar surface area (TPSA) is 83.4 Å². The van der Waals surface area contributed by atoms with Crippen LogP contribution in [0.15, 0.2) is 18.2 Å². The van der Waals surface area contributed by atoms with Crippen LogP contribution < -0.4 is 20.1 Å². The van der Waals surface area contributed by atoms with Gasteiger partial charge in [0.05, 0.1) is 6.61 Å². The Balaban J connectivity index is 2.29. The lowest BCUT2D eigenvalue weighted by Gasteiger charge is -2.15. The lowest BCUT2D eigenvalue weighted by molar-refractivity contribution is -0.0514. The number of benzene rings is 1. The van der Waals surface area contributed by atoms with Gasteiger partial charge in [-0.3, -0.25) is 10.7 Å². The molecule has 0 aliphatic carbocycles. The van der Waals surface area contributed by atoms with Gasteiger partial charge < -0.3 is 14.8 Å². The molecule has 0 bridgehead atoms. The number of halogens is 2. The molecule has 1 atom stereocenters. The van der Waals surface area contributed by atoms with Crippen molar-refractivity contribution in [2.75, 3.05) is 6.61 Å². The Kier molecular flexibility index (Phi) is 4.02. The van der Waals surface area contributed by atoms with E-state index in [-0.39, 0.29) is 23.9 Å². The van der Waals surface area contributed by atoms with E-state index in [4.69, 9.17) is 10.1 Å². The number of carbonyl (C=O) groups excluding carboxylic acids is 1. The summed E-state index contributed by atoms with van der Waals surface area (Å²) in [6.07, 6.45) is 0. The summed E-state index contributed by atoms with van der Waals surface area (Å²) >= 11 is 0. The highest BCUT2D eigenvalue weighted by atomic mass is 19.3. The molecule has 1 fully saturated rings. The molecule has 8 heteroatoms. The van der Waals surface area contributed by atoms with E-state index in [1.165, 1.54) is 18.2 Å². The number of alkyl halides is 2. The summed E-state index contributed by atoms with van der Waals surface area (Å²) < 4.78 is 34.1. The molecule has 1 unspecified atom stereocenters. The number of amides is 2. The maximum absolute atomic E-state index is 12.3. The van der Waals surface area contributed by atoms with Crippen molar-refractivity contribution in [1.82, 2.24) is 10.6 Å². The van der Waals surface area contributed by atoms with Crippen molar-refractivity contribution in [3.05, 3.63) is 23.8 Å². The van der Waals surface area contributed by atoms with Crippen LogP contribution in [-0.4, -0.2) is 25.1 Å². The van der Waals surface area contributed by atoms with E-state index >= 15 is 0 Å². The normalized spacial score (nSPS) is 17.9. The summed E-state index contributed by atoms with van der Waals surface area (Å²) in [5.74, 6) is 0.0358. The number of rotatable bonds is 5. The Morgan fingerprint density at radius 1 is 1.40 bits per heavy atom. The number of hydrogen-bond acceptors (Lipinski definition) is 4. The first-order valence-electron chi connectivity index (χ1n) is 5.88. The lowest BCUT2D eigenvalue weighted by Crippen LogP contribution is -2.22. The average molecular weight is 285 g/mol. The Hall–Kier alpha value is -2.38. The van der Waals surface area contributed by atoms with Crippen molar-refractivity contribution >= 4 is 11.9 Å². The SMILES string of the molecule is CCOc1cc(C2NC(=O)NC2=N)ccc1OC(F)F. The zero-order chi connectivity index (χ0) is 14.7. The second-order valence-electron chi connectivity index (χ2n) is 3.96. The highest BCUT2D eigenvalue weighted by Crippen LogP contribution is 2.32. The highest BCUT2D eigenvalue weighted by Gasteiger charge is 2.28. The molecule has 3 N–H and O–H groups in total. The molecule has 1 heterocycles. The maximum atomic E-state index is 12.3. The summed E-state index contributed by atoms with van der Waals surface area (Å²) in [4.78, 5) is 11.1. The van der Waals surface area contributed by atoms with Crippen LogP contribution in [-0.2, 0) is 0 Å². The third-order valence-electron chi connectivity index (χ3n) is 2.63. The highest BCUT2D eigenvalue weighted by molar-refractivity contribution is 6.06. The van der Waals surface area contributed by atoms with Gasteiger partial charge in [0, 0.05) is 0 Å². The predicted molar refractivity (Wildman–Crippen MR) is 66.4 cm³/mol. The average Bonchev–Trinajstić information content (AvgIpc) is 2.70. The standard InChI is InChI=1S/C12H13F2N3O3/c1-2-19-8-5-6(3-4-7(8)20-11(13)14)9-10(15)17-12(18)16-9/h3-5,9,11H,2H2,1H3,(H3,15,16,17,18). The first-order valence-corrected chi connectivity index (χ1v) is 5.88. The van der Waals surface area contributed by atoms with E-state index in [9.17, 15) is 13.6 Å². The first-order chi connectivity index (χ1) is 9.51. The fraction of sp³-hybridized carbons (Fsp3) is 0.333. The Labute approximate surface area is 113 Å². The Morgan fingerprint density at radius 3 is 2.70 bits per heavy atom. The molecule has 1 aliphatic rings. The Morgan fingerprint density at radius 2 is 2.15 bits per heavy atom. The van der Waals surface area contributed by atoms with Crippen molar-refractivity contribution in [1.29, 1.82) is 5.41 Å². The minimum Gasteiger partial charge on any atom is -0.490 e. The van der Waals surface area contributed by atoms with Crippen LogP contribution in [0.4, 0.5) is 13.6 Å². The van der Waals surface area contributed by atoms with Crippen LogP contribution in [0.3, 0.4) is 0 Å². The molecule has 1 aromatic carbocycles. The molecule has 1 saturated heterocycles. The third kappa shape index (κ3) is 2.95. The molecule has 0 aromatic heterocycles. The van der Waals surface area contributed by atoms with Gasteiger partial charge >= 0.3 is 12.6 Å². The van der Waals surface area contributed by atoms with E-state index in [1.807, 2.05) is 0 Å². The van der Waals surface area contributed by atoms with Gasteiger partial charge in [0.25, 0.3) is 0 Å². The van der Waals surface area contributed by atoms with Gasteiger partial charge in [0.15, 0.2) is 11.5 Å². The van der Waals surface area contributed by atoms with Gasteiger partial charge in [0.1, 0.15) is 11.9 Å². The van der Waals surface area contributed by atoms with Gasteiger partial charge in [-0.2, -0.15) is 8.78 Å². The van der Waals surface area contributed by atoms with E-state index in [0.29, 0.717) is 5.56 Å². The van der Waals surface area contributed by atoms with Crippen LogP contribution in [0.2, 0.25) is 0 Å². The van der Waals surface area contributed by atoms with Crippen molar-refractivity contribution in [2.24, 2.45) is 0 Å². The summed E-state index contributed by atoms with van der Waals surface area (Å²) in [5, 5.41) is 12.5. The maximum Gasteiger partial charge on any atom is 0.387 e. The van der Waals surface area contributed by atoms with Gasteiger partial charge in [-0.15, -0.1) is 0 Å². The van der Waals surface area contributed by atoms with Crippen molar-refractivity contribution in [3.63, 3.8) is 0 Å². The van der Waals surface area contributed by atoms with Gasteiger partial charge in [-0.05, 0) is 24.6 Å². The van der Waals surface area contributed by atoms with Crippen LogP contribution >= 0.6 is 0 Å². The van der Waals surface area contributed by atoms with Crippen molar-refractivity contribution in [3.8, 4) is 11.5 Å². The van der Waals surface area contributed by atoms with Gasteiger partial charge in [-0.1, -0.05) is 6.07 Å². The van der Waals surface area contributed by atoms with Gasteiger partial charge in [-0.25, -0.2) is 4.79 Å². The molecular formula is C12H13F2N3O3. The van der Waals surface area contributed by atoms with E-state index in [0.717, 1.165) is 0 Å². The van der Waals surface area contributed by atoms with Crippen LogP contribution in [0, 0.1) is 5.41 Å². The molecule has 1 aliphatic heterocycles. The molecule has 1 aromatic rings. The molecule has 2 rings (SSSR count). The molecule has 6 nitrogen and oxygen atoms in total. The van der Waals surface area contributed by atoms with Crippen LogP contribution in [0.25, 0.3) is 0 Å². The molecular weight excluding hydrogens is 272 g/mol. The largest absolute Gasteiger partial charge is 0.490 e. The minimum absolute atomic E-state index is 0.0139. The number of amidine groups is 1. The second-order valence-corrected chi connectivity index (χ2v) is 3.96. The zero-order valence-corrected chi connectivity index (χ0v) is 10.6. The predicted octanol–water partition coefficient (Wildman–Crippen LogP) is 2.02. The molecule has 0 spiro atoms. The zero-order valence-electron chi connectivity index (χ0n) is 10.6. The fourth-order valence-electron chi connectivity index (χ4n) is 1.85. The second kappa shape index (κ2) is 5.72. The quantitative estimate of drug-likeness (QED) is 0.774. The summed E-state index contributed by atoms with van der Waals surface area (Å²) in [7, 11) is 0. The monoisotopic (exact) mass is 285 g/mol. The number of urea groups is 1. The smallest absolute Gasteiger partial charge is 0.387 e. The number of nitrogens with one attached hydrogen (secondary N) is 3. The molecule has 2 amide bonds. The molecule has 108 valence electrons. The fourth-order valence-corrected chi connectivity index (χ4v) is 1.85. The Bertz CT molecular complexity index is 537. The molecule has 20 heavy (non-hydrogen) atoms. The summed E-state index contributed by atoms with van der Waals surface area (Å²) in [5.41, 5.74) is 0.540. The minimum atomic E-state index is -2.95. The summed E-state index contributed by atoms with van der Waals surface area (Å²) in [6, 6.07) is 3.15. The lowest BCUT2D eigenvalue weighted by atomic mass is 10.1. The van der Waals surface area contributed by atoms with Gasteiger partial charge in [0.2, 0.25) is 0 Å². The van der Waals surface area contributed by atoms with E-state index < -0.39 is 18.7 Å². The third-order valence-corrected chi connectivity index (χ3v) is 2.63. The summed E-state index contributed by atoms with van der Waals surface area (Å²) in [6.45, 7) is -0.971. The number of carbonyl (C=O) groups is 1. The number of ether oxygens (including phenoxy) is 2. The first kappa shape index (κ1) is 14.0. The van der Waals surface area contributed by atoms with Crippen LogP contribution in [0.5, 0.6) is 11.5 Å². The van der Waals surface area contributed by atoms with Crippen molar-refractivity contribution in [2.45, 2.75) is 19.6 Å².